The normalized spacial score (nSPS) is 17.4. The number of ether oxygens (including phenoxy) is 2. The third-order valence-corrected chi connectivity index (χ3v) is 6.23. The van der Waals surface area contributed by atoms with Crippen molar-refractivity contribution in [3.8, 4) is 11.5 Å². The Morgan fingerprint density at radius 2 is 1.83 bits per heavy atom. The quantitative estimate of drug-likeness (QED) is 0.657. The minimum absolute atomic E-state index is 0.0546. The van der Waals surface area contributed by atoms with Gasteiger partial charge in [0.05, 0.1) is 25.5 Å². The predicted octanol–water partition coefficient (Wildman–Crippen LogP) is 3.78. The summed E-state index contributed by atoms with van der Waals surface area (Å²) in [5.74, 6) is 2.09. The molecular weight excluding hydrogens is 386 g/mol. The molecule has 2 fully saturated rings. The molecule has 0 radical (unpaired) electrons. The number of aromatic nitrogens is 1. The van der Waals surface area contributed by atoms with Crippen LogP contribution in [0.5, 0.6) is 11.5 Å². The summed E-state index contributed by atoms with van der Waals surface area (Å²) in [6.07, 6.45) is 2.58. The van der Waals surface area contributed by atoms with Gasteiger partial charge in [0.1, 0.15) is 5.01 Å². The summed E-state index contributed by atoms with van der Waals surface area (Å²) in [4.78, 5) is 22.1. The fourth-order valence-electron chi connectivity index (χ4n) is 3.63. The second-order valence-corrected chi connectivity index (χ2v) is 8.48. The number of carbonyl (C=O) groups excluding carboxylic acids is 1. The zero-order valence-electron chi connectivity index (χ0n) is 17.2. The van der Waals surface area contributed by atoms with Crippen LogP contribution >= 0.6 is 11.3 Å². The number of benzene rings is 1. The first-order chi connectivity index (χ1) is 14.2. The summed E-state index contributed by atoms with van der Waals surface area (Å²) in [5, 5.41) is 3.41. The van der Waals surface area contributed by atoms with Crippen LogP contribution in [0, 0.1) is 0 Å². The third kappa shape index (κ3) is 4.90. The van der Waals surface area contributed by atoms with Crippen molar-refractivity contribution in [2.45, 2.75) is 39.2 Å². The maximum atomic E-state index is 13.0. The van der Waals surface area contributed by atoms with E-state index in [4.69, 9.17) is 14.5 Å². The van der Waals surface area contributed by atoms with Crippen LogP contribution in [0.25, 0.3) is 0 Å². The lowest BCUT2D eigenvalue weighted by atomic mass is 10.1. The Kier molecular flexibility index (Phi) is 6.35. The molecule has 6 nitrogen and oxygen atoms in total. The average molecular weight is 416 g/mol. The number of hydrogen-bond donors (Lipinski definition) is 0. The molecule has 2 heterocycles. The Morgan fingerprint density at radius 1 is 1.10 bits per heavy atom. The Labute approximate surface area is 176 Å². The third-order valence-electron chi connectivity index (χ3n) is 5.37. The number of carbonyl (C=O) groups is 1. The summed E-state index contributed by atoms with van der Waals surface area (Å²) < 4.78 is 11.3. The second-order valence-electron chi connectivity index (χ2n) is 7.54. The molecule has 156 valence electrons. The van der Waals surface area contributed by atoms with Crippen molar-refractivity contribution in [2.75, 3.05) is 39.4 Å². The van der Waals surface area contributed by atoms with Gasteiger partial charge >= 0.3 is 0 Å². The van der Waals surface area contributed by atoms with E-state index < -0.39 is 0 Å². The van der Waals surface area contributed by atoms with E-state index in [0.717, 1.165) is 32.7 Å². The Bertz CT molecular complexity index is 842. The van der Waals surface area contributed by atoms with Crippen LogP contribution in [0.1, 0.15) is 53.7 Å². The summed E-state index contributed by atoms with van der Waals surface area (Å²) in [5.41, 5.74) is 1.93. The van der Waals surface area contributed by atoms with Crippen LogP contribution in [-0.2, 0) is 6.54 Å². The van der Waals surface area contributed by atoms with Gasteiger partial charge in [-0.2, -0.15) is 0 Å². The minimum atomic E-state index is 0.0546. The van der Waals surface area contributed by atoms with Crippen LogP contribution < -0.4 is 9.47 Å². The van der Waals surface area contributed by atoms with Crippen LogP contribution in [-0.4, -0.2) is 60.1 Å². The van der Waals surface area contributed by atoms with Crippen LogP contribution in [0.15, 0.2) is 23.6 Å². The molecule has 1 amide bonds. The first-order valence-electron chi connectivity index (χ1n) is 10.5. The van der Waals surface area contributed by atoms with Crippen molar-refractivity contribution in [1.82, 2.24) is 14.8 Å². The van der Waals surface area contributed by atoms with Crippen molar-refractivity contribution in [1.29, 1.82) is 0 Å². The van der Waals surface area contributed by atoms with E-state index in [1.165, 1.54) is 23.5 Å². The van der Waals surface area contributed by atoms with Gasteiger partial charge in [0.15, 0.2) is 11.5 Å². The zero-order valence-corrected chi connectivity index (χ0v) is 18.0. The predicted molar refractivity (Wildman–Crippen MR) is 114 cm³/mol. The van der Waals surface area contributed by atoms with E-state index >= 15 is 0 Å². The van der Waals surface area contributed by atoms with Crippen molar-refractivity contribution in [3.05, 3.63) is 39.8 Å². The number of rotatable bonds is 8. The first-order valence-corrected chi connectivity index (χ1v) is 11.4. The van der Waals surface area contributed by atoms with Crippen molar-refractivity contribution >= 4 is 17.2 Å². The number of nitrogens with zero attached hydrogens (tertiary/aromatic N) is 3. The largest absolute Gasteiger partial charge is 0.490 e. The number of amides is 1. The highest BCUT2D eigenvalue weighted by Crippen LogP contribution is 2.40. The molecule has 7 heteroatoms. The summed E-state index contributed by atoms with van der Waals surface area (Å²) in [6.45, 7) is 9.07. The molecule has 1 aromatic heterocycles. The fourth-order valence-corrected chi connectivity index (χ4v) is 4.55. The van der Waals surface area contributed by atoms with Gasteiger partial charge in [0.2, 0.25) is 0 Å². The smallest absolute Gasteiger partial charge is 0.254 e. The molecule has 0 spiro atoms. The Hall–Kier alpha value is -2.12. The molecular formula is C22H29N3O3S. The molecule has 0 unspecified atom stereocenters. The summed E-state index contributed by atoms with van der Waals surface area (Å²) in [7, 11) is 0. The van der Waals surface area contributed by atoms with Crippen LogP contribution in [0.3, 0.4) is 0 Å². The van der Waals surface area contributed by atoms with Crippen molar-refractivity contribution in [3.63, 3.8) is 0 Å². The standard InChI is InChI=1S/C22H29N3O3S/c1-3-27-19-8-7-17(13-20(19)28-4-2)22(26)25-11-9-24(10-12-25)14-21-23-18(15-29-21)16-5-6-16/h7-8,13,15-16H,3-6,9-12,14H2,1-2H3. The van der Waals surface area contributed by atoms with Gasteiger partial charge in [0.25, 0.3) is 5.91 Å². The molecule has 1 aliphatic heterocycles. The SMILES string of the molecule is CCOc1ccc(C(=O)N2CCN(Cc3nc(C4CC4)cs3)CC2)cc1OCC. The van der Waals surface area contributed by atoms with E-state index in [1.54, 1.807) is 17.4 Å². The van der Waals surface area contributed by atoms with E-state index in [1.807, 2.05) is 30.9 Å². The molecule has 0 N–H and O–H groups in total. The van der Waals surface area contributed by atoms with Crippen molar-refractivity contribution in [2.24, 2.45) is 0 Å². The van der Waals surface area contributed by atoms with Gasteiger partial charge in [-0.3, -0.25) is 9.69 Å². The van der Waals surface area contributed by atoms with E-state index in [2.05, 4.69) is 10.3 Å². The lowest BCUT2D eigenvalue weighted by molar-refractivity contribution is 0.0628. The van der Waals surface area contributed by atoms with Gasteiger partial charge in [-0.15, -0.1) is 11.3 Å². The second kappa shape index (κ2) is 9.13. The molecule has 1 aromatic carbocycles. The molecule has 29 heavy (non-hydrogen) atoms. The Morgan fingerprint density at radius 3 is 2.52 bits per heavy atom. The summed E-state index contributed by atoms with van der Waals surface area (Å²) >= 11 is 1.77. The molecule has 2 aromatic rings. The van der Waals surface area contributed by atoms with E-state index in [-0.39, 0.29) is 5.91 Å². The molecule has 0 bridgehead atoms. The molecule has 2 aliphatic rings. The lowest BCUT2D eigenvalue weighted by Crippen LogP contribution is -2.48. The molecule has 0 atom stereocenters. The number of hydrogen-bond acceptors (Lipinski definition) is 6. The average Bonchev–Trinajstić information content (AvgIpc) is 3.49. The lowest BCUT2D eigenvalue weighted by Gasteiger charge is -2.34. The summed E-state index contributed by atoms with van der Waals surface area (Å²) in [6, 6.07) is 5.47. The van der Waals surface area contributed by atoms with Gasteiger partial charge in [0, 0.05) is 43.0 Å². The van der Waals surface area contributed by atoms with Gasteiger partial charge < -0.3 is 14.4 Å². The highest BCUT2D eigenvalue weighted by Gasteiger charge is 2.27. The minimum Gasteiger partial charge on any atom is -0.490 e. The molecule has 4 rings (SSSR count). The highest BCUT2D eigenvalue weighted by atomic mass is 32.1. The molecule has 1 aliphatic carbocycles. The molecule has 1 saturated heterocycles. The zero-order chi connectivity index (χ0) is 20.2. The van der Waals surface area contributed by atoms with E-state index in [9.17, 15) is 4.79 Å². The fraction of sp³-hybridized carbons (Fsp3) is 0.545. The van der Waals surface area contributed by atoms with Crippen LogP contribution in [0.2, 0.25) is 0 Å². The monoisotopic (exact) mass is 415 g/mol. The van der Waals surface area contributed by atoms with Crippen LogP contribution in [0.4, 0.5) is 0 Å². The molecule has 1 saturated carbocycles. The van der Waals surface area contributed by atoms with E-state index in [0.29, 0.717) is 36.2 Å². The number of thiazole rings is 1. The highest BCUT2D eigenvalue weighted by molar-refractivity contribution is 7.09. The van der Waals surface area contributed by atoms with Gasteiger partial charge in [-0.05, 0) is 44.9 Å². The van der Waals surface area contributed by atoms with Crippen molar-refractivity contribution < 1.29 is 14.3 Å². The number of piperazine rings is 1. The first kappa shape index (κ1) is 20.2. The maximum absolute atomic E-state index is 13.0. The topological polar surface area (TPSA) is 54.9 Å². The maximum Gasteiger partial charge on any atom is 0.254 e. The van der Waals surface area contributed by atoms with Gasteiger partial charge in [-0.1, -0.05) is 0 Å². The Balaban J connectivity index is 1.33. The van der Waals surface area contributed by atoms with Gasteiger partial charge in [-0.25, -0.2) is 4.98 Å².